The lowest BCUT2D eigenvalue weighted by molar-refractivity contribution is -0.299. The molecule has 43 heavy (non-hydrogen) atoms. The molecule has 244 valence electrons. The van der Waals surface area contributed by atoms with Gasteiger partial charge in [0.05, 0.1) is 29.8 Å². The molecule has 4 N–H and O–H groups in total. The van der Waals surface area contributed by atoms with Crippen LogP contribution in [0.5, 0.6) is 0 Å². The first kappa shape index (κ1) is 35.7. The number of carbonyl (C=O) groups is 2. The number of hydrogen-bond donors (Lipinski definition) is 4. The molecule has 2 heterocycles. The number of nitrogens with zero attached hydrogens (tertiary/aromatic N) is 2. The molecule has 0 aromatic heterocycles. The number of amides is 2. The van der Waals surface area contributed by atoms with Crippen LogP contribution in [0.2, 0.25) is 5.02 Å². The zero-order valence-electron chi connectivity index (χ0n) is 26.9. The molecule has 0 spiro atoms. The summed E-state index contributed by atoms with van der Waals surface area (Å²) < 4.78 is 12.4. The fourth-order valence-corrected chi connectivity index (χ4v) is 6.92. The molecule has 0 radical (unpaired) electrons. The SMILES string of the molecule is C[C@H]1CN(C)C(=O)C[C@@H](Cc2cccc(Cl)c2)NC(=O)[C@H](C)[C@@H](O)[C@H](C)[C@@H](O[C@@H]2O[C@H](C)C[C@H](N(C)C)[C@H]2O)[C@](C)(O)C1. The molecule has 0 saturated carbocycles. The quantitative estimate of drug-likeness (QED) is 0.393. The van der Waals surface area contributed by atoms with Crippen molar-refractivity contribution in [1.82, 2.24) is 15.1 Å². The van der Waals surface area contributed by atoms with Crippen LogP contribution in [-0.2, 0) is 25.5 Å². The lowest BCUT2D eigenvalue weighted by atomic mass is 9.77. The van der Waals surface area contributed by atoms with Crippen molar-refractivity contribution in [2.75, 3.05) is 27.7 Å². The van der Waals surface area contributed by atoms with E-state index in [1.165, 1.54) is 0 Å². The Labute approximate surface area is 261 Å². The summed E-state index contributed by atoms with van der Waals surface area (Å²) in [5, 5.41) is 38.2. The smallest absolute Gasteiger partial charge is 0.225 e. The summed E-state index contributed by atoms with van der Waals surface area (Å²) in [6.07, 6.45) is -3.13. The molecule has 0 unspecified atom stereocenters. The predicted molar refractivity (Wildman–Crippen MR) is 165 cm³/mol. The summed E-state index contributed by atoms with van der Waals surface area (Å²) in [5.74, 6) is -2.31. The number of likely N-dealkylation sites (N-methyl/N-ethyl adjacent to an activating group) is 1. The highest BCUT2D eigenvalue weighted by Gasteiger charge is 2.47. The molecule has 10 nitrogen and oxygen atoms in total. The van der Waals surface area contributed by atoms with Gasteiger partial charge in [-0.05, 0) is 70.8 Å². The molecule has 2 aliphatic heterocycles. The molecule has 11 heteroatoms. The highest BCUT2D eigenvalue weighted by molar-refractivity contribution is 6.30. The molecule has 2 fully saturated rings. The van der Waals surface area contributed by atoms with Crippen molar-refractivity contribution in [3.8, 4) is 0 Å². The second-order valence-corrected chi connectivity index (χ2v) is 13.9. The van der Waals surface area contributed by atoms with Crippen LogP contribution in [0.15, 0.2) is 24.3 Å². The van der Waals surface area contributed by atoms with Crippen molar-refractivity contribution < 1.29 is 34.4 Å². The van der Waals surface area contributed by atoms with Gasteiger partial charge in [0.2, 0.25) is 11.8 Å². The van der Waals surface area contributed by atoms with Gasteiger partial charge >= 0.3 is 0 Å². The van der Waals surface area contributed by atoms with Crippen LogP contribution in [0, 0.1) is 17.8 Å². The van der Waals surface area contributed by atoms with Gasteiger partial charge in [-0.3, -0.25) is 9.59 Å². The Morgan fingerprint density at radius 1 is 1.16 bits per heavy atom. The molecule has 0 aliphatic carbocycles. The van der Waals surface area contributed by atoms with E-state index in [0.717, 1.165) is 5.56 Å². The van der Waals surface area contributed by atoms with Crippen molar-refractivity contribution in [1.29, 1.82) is 0 Å². The van der Waals surface area contributed by atoms with Gasteiger partial charge in [-0.2, -0.15) is 0 Å². The molecule has 11 atom stereocenters. The summed E-state index contributed by atoms with van der Waals surface area (Å²) in [6, 6.07) is 6.55. The molecule has 2 saturated heterocycles. The van der Waals surface area contributed by atoms with Gasteiger partial charge in [-0.1, -0.05) is 44.5 Å². The Bertz CT molecular complexity index is 1090. The van der Waals surface area contributed by atoms with Gasteiger partial charge < -0.3 is 39.9 Å². The van der Waals surface area contributed by atoms with Crippen molar-refractivity contribution in [2.45, 2.75) is 109 Å². The maximum Gasteiger partial charge on any atom is 0.225 e. The Balaban J connectivity index is 1.94. The lowest BCUT2D eigenvalue weighted by Gasteiger charge is -2.46. The number of rotatable bonds is 5. The highest BCUT2D eigenvalue weighted by Crippen LogP contribution is 2.35. The maximum absolute atomic E-state index is 13.5. The molecule has 2 aliphatic rings. The summed E-state index contributed by atoms with van der Waals surface area (Å²) in [4.78, 5) is 30.4. The zero-order chi connectivity index (χ0) is 32.2. The molecule has 2 amide bonds. The summed E-state index contributed by atoms with van der Waals surface area (Å²) in [5.41, 5.74) is -0.610. The summed E-state index contributed by atoms with van der Waals surface area (Å²) >= 11 is 6.19. The fourth-order valence-electron chi connectivity index (χ4n) is 6.70. The van der Waals surface area contributed by atoms with Crippen molar-refractivity contribution in [2.24, 2.45) is 17.8 Å². The first-order valence-corrected chi connectivity index (χ1v) is 15.7. The highest BCUT2D eigenvalue weighted by atomic mass is 35.5. The number of aliphatic hydroxyl groups is 3. The monoisotopic (exact) mass is 625 g/mol. The van der Waals surface area contributed by atoms with Gasteiger partial charge in [0.25, 0.3) is 0 Å². The standard InChI is InChI=1S/C32H52ClN3O7/c1-18-16-32(5,41)29(43-31-28(39)25(35(6)7)12-19(2)42-31)20(3)27(38)21(4)30(40)34-24(15-26(37)36(8)17-18)14-22-10-9-11-23(33)13-22/h9-11,13,18-21,24-25,27-29,31,38-39,41H,12,14-17H2,1-8H3,(H,34,40)/t18-,19-,20+,21-,24-,25+,27+,28-,29-,31+,32-/m1/s1. The molecular weight excluding hydrogens is 574 g/mol. The van der Waals surface area contributed by atoms with E-state index >= 15 is 0 Å². The van der Waals surface area contributed by atoms with Crippen LogP contribution < -0.4 is 5.32 Å². The average Bonchev–Trinajstić information content (AvgIpc) is 2.90. The molecule has 0 bridgehead atoms. The third-order valence-corrected chi connectivity index (χ3v) is 9.26. The van der Waals surface area contributed by atoms with Crippen molar-refractivity contribution in [3.05, 3.63) is 34.9 Å². The van der Waals surface area contributed by atoms with E-state index in [2.05, 4.69) is 5.32 Å². The van der Waals surface area contributed by atoms with E-state index in [-0.39, 0.29) is 36.8 Å². The topological polar surface area (TPSA) is 132 Å². The normalized spacial score (nSPS) is 39.0. The van der Waals surface area contributed by atoms with Crippen LogP contribution in [0.25, 0.3) is 0 Å². The second kappa shape index (κ2) is 15.0. The van der Waals surface area contributed by atoms with E-state index in [1.54, 1.807) is 38.8 Å². The molecule has 3 rings (SSSR count). The Hall–Kier alpha value is -1.79. The van der Waals surface area contributed by atoms with Crippen LogP contribution in [0.1, 0.15) is 59.4 Å². The Morgan fingerprint density at radius 2 is 1.84 bits per heavy atom. The fraction of sp³-hybridized carbons (Fsp3) is 0.750. The largest absolute Gasteiger partial charge is 0.392 e. The van der Waals surface area contributed by atoms with Gasteiger partial charge in [0.15, 0.2) is 6.29 Å². The van der Waals surface area contributed by atoms with Gasteiger partial charge in [-0.25, -0.2) is 0 Å². The number of halogens is 1. The maximum atomic E-state index is 13.5. The third kappa shape index (κ3) is 9.36. The number of ether oxygens (including phenoxy) is 2. The van der Waals surface area contributed by atoms with E-state index < -0.39 is 54.0 Å². The minimum absolute atomic E-state index is 0.0735. The van der Waals surface area contributed by atoms with Gasteiger partial charge in [0, 0.05) is 43.0 Å². The molecule has 1 aromatic rings. The van der Waals surface area contributed by atoms with Crippen LogP contribution in [-0.4, -0.2) is 113 Å². The summed E-state index contributed by atoms with van der Waals surface area (Å²) in [6.45, 7) is 9.23. The van der Waals surface area contributed by atoms with Crippen molar-refractivity contribution >= 4 is 23.4 Å². The Morgan fingerprint density at radius 3 is 2.47 bits per heavy atom. The van der Waals surface area contributed by atoms with Crippen molar-refractivity contribution in [3.63, 3.8) is 0 Å². The van der Waals surface area contributed by atoms with E-state index in [4.69, 9.17) is 21.1 Å². The Kier molecular flexibility index (Phi) is 12.4. The first-order chi connectivity index (χ1) is 20.0. The van der Waals surface area contributed by atoms with E-state index in [1.807, 2.05) is 51.0 Å². The number of nitrogens with one attached hydrogen (secondary N) is 1. The molecular formula is C32H52ClN3O7. The van der Waals surface area contributed by atoms with Gasteiger partial charge in [-0.15, -0.1) is 0 Å². The summed E-state index contributed by atoms with van der Waals surface area (Å²) in [7, 11) is 5.48. The van der Waals surface area contributed by atoms with E-state index in [9.17, 15) is 24.9 Å². The minimum Gasteiger partial charge on any atom is -0.392 e. The number of aliphatic hydroxyl groups excluding tert-OH is 2. The van der Waals surface area contributed by atoms with E-state index in [0.29, 0.717) is 24.4 Å². The minimum atomic E-state index is -1.49. The zero-order valence-corrected chi connectivity index (χ0v) is 27.6. The van der Waals surface area contributed by atoms with Crippen LogP contribution in [0.3, 0.4) is 0 Å². The predicted octanol–water partition coefficient (Wildman–Crippen LogP) is 2.45. The first-order valence-electron chi connectivity index (χ1n) is 15.3. The van der Waals surface area contributed by atoms with Gasteiger partial charge in [0.1, 0.15) is 6.10 Å². The molecule has 1 aromatic carbocycles. The number of carbonyl (C=O) groups excluding carboxylic acids is 2. The lowest BCUT2D eigenvalue weighted by Crippen LogP contribution is -2.59. The van der Waals surface area contributed by atoms with Crippen LogP contribution >= 0.6 is 11.6 Å². The second-order valence-electron chi connectivity index (χ2n) is 13.5. The number of benzene rings is 1. The average molecular weight is 626 g/mol. The van der Waals surface area contributed by atoms with Crippen LogP contribution in [0.4, 0.5) is 0 Å². The number of hydrogen-bond acceptors (Lipinski definition) is 8. The third-order valence-electron chi connectivity index (χ3n) is 9.02.